The average Bonchev–Trinajstić information content (AvgIpc) is 3.03. The van der Waals surface area contributed by atoms with Crippen LogP contribution in [0.2, 0.25) is 0 Å². The van der Waals surface area contributed by atoms with Gasteiger partial charge in [-0.1, -0.05) is 77.4 Å². The Balaban J connectivity index is 2.01. The third kappa shape index (κ3) is 12.7. The summed E-state index contributed by atoms with van der Waals surface area (Å²) in [6.45, 7) is 2.49. The maximum absolute atomic E-state index is 12.7. The number of aliphatic hydroxyl groups is 8. The molecule has 0 spiro atoms. The zero-order valence-electron chi connectivity index (χ0n) is 26.6. The molecule has 9 N–H and O–H groups in total. The molecule has 2 heterocycles. The van der Waals surface area contributed by atoms with Crippen molar-refractivity contribution < 1.29 is 64.6 Å². The third-order valence-electron chi connectivity index (χ3n) is 8.22. The molecule has 14 nitrogen and oxygen atoms in total. The summed E-state index contributed by atoms with van der Waals surface area (Å²) in [6, 6.07) is -0.900. The summed E-state index contributed by atoms with van der Waals surface area (Å²) >= 11 is 0. The van der Waals surface area contributed by atoms with Gasteiger partial charge in [-0.05, 0) is 12.8 Å². The molecule has 0 saturated carbocycles. The summed E-state index contributed by atoms with van der Waals surface area (Å²) in [5, 5.41) is 85.1. The minimum Gasteiger partial charge on any atom is -0.394 e. The third-order valence-corrected chi connectivity index (χ3v) is 8.22. The Hall–Kier alpha value is -1.27. The number of carbonyl (C=O) groups is 1. The maximum Gasteiger partial charge on any atom is 0.220 e. The van der Waals surface area contributed by atoms with Crippen molar-refractivity contribution in [1.82, 2.24) is 5.32 Å². The number of rotatable bonds is 21. The molecule has 2 saturated heterocycles. The van der Waals surface area contributed by atoms with E-state index in [0.29, 0.717) is 6.42 Å². The van der Waals surface area contributed by atoms with E-state index in [1.165, 1.54) is 19.3 Å². The van der Waals surface area contributed by atoms with E-state index in [1.54, 1.807) is 6.08 Å². The SMILES string of the molecule is CCCC/C=C/C(O)C(COC1OC(CO)C(OC2OC(CO)C(O)C(O)C2O)C(O)C1O)NC(=O)CCCCCCCCC. The van der Waals surface area contributed by atoms with Crippen LogP contribution in [-0.2, 0) is 23.7 Å². The first-order valence-electron chi connectivity index (χ1n) is 16.4. The molecule has 0 aliphatic carbocycles. The Bertz CT molecular complexity index is 831. The number of hydrogen-bond acceptors (Lipinski definition) is 13. The molecule has 2 rings (SSSR count). The number of unbranched alkanes of at least 4 members (excludes halogenated alkanes) is 8. The summed E-state index contributed by atoms with van der Waals surface area (Å²) in [5.74, 6) is -0.260. The first kappa shape index (κ1) is 39.9. The van der Waals surface area contributed by atoms with Gasteiger partial charge in [-0.3, -0.25) is 4.79 Å². The van der Waals surface area contributed by atoms with Crippen molar-refractivity contribution in [3.05, 3.63) is 12.2 Å². The van der Waals surface area contributed by atoms with Gasteiger partial charge >= 0.3 is 0 Å². The second-order valence-corrected chi connectivity index (χ2v) is 11.9. The normalized spacial score (nSPS) is 33.7. The summed E-state index contributed by atoms with van der Waals surface area (Å²) in [6.07, 6.45) is -3.22. The fraction of sp³-hybridized carbons (Fsp3) is 0.903. The zero-order valence-corrected chi connectivity index (χ0v) is 26.6. The first-order valence-corrected chi connectivity index (χ1v) is 16.4. The Morgan fingerprint density at radius 1 is 0.778 bits per heavy atom. The highest BCUT2D eigenvalue weighted by Gasteiger charge is 2.50. The van der Waals surface area contributed by atoms with Crippen molar-refractivity contribution in [2.75, 3.05) is 19.8 Å². The van der Waals surface area contributed by atoms with Gasteiger partial charge in [0.25, 0.3) is 0 Å². The lowest BCUT2D eigenvalue weighted by Crippen LogP contribution is -2.65. The van der Waals surface area contributed by atoms with Gasteiger partial charge in [-0.15, -0.1) is 0 Å². The molecule has 0 radical (unpaired) electrons. The van der Waals surface area contributed by atoms with E-state index in [-0.39, 0.29) is 18.9 Å². The van der Waals surface area contributed by atoms with E-state index < -0.39 is 86.8 Å². The summed E-state index contributed by atoms with van der Waals surface area (Å²) in [4.78, 5) is 12.7. The maximum atomic E-state index is 12.7. The standard InChI is InChI=1S/C31H57NO13/c1-3-5-7-9-10-11-13-15-23(36)32-19(20(35)14-12-8-6-4-2)18-42-30-28(41)26(39)29(22(17-34)44-30)45-31-27(40)25(38)24(37)21(16-33)43-31/h12,14,19-22,24-31,33-35,37-41H,3-11,13,15-18H2,1-2H3,(H,32,36)/b14-12+. The molecule has 2 aliphatic heterocycles. The fourth-order valence-electron chi connectivity index (χ4n) is 5.33. The van der Waals surface area contributed by atoms with E-state index >= 15 is 0 Å². The highest BCUT2D eigenvalue weighted by atomic mass is 16.7. The number of amides is 1. The lowest BCUT2D eigenvalue weighted by atomic mass is 9.97. The number of aliphatic hydroxyl groups excluding tert-OH is 8. The second-order valence-electron chi connectivity index (χ2n) is 11.9. The van der Waals surface area contributed by atoms with Crippen molar-refractivity contribution >= 4 is 5.91 Å². The van der Waals surface area contributed by atoms with Gasteiger partial charge in [0.05, 0.1) is 32.0 Å². The van der Waals surface area contributed by atoms with Crippen LogP contribution >= 0.6 is 0 Å². The molecule has 0 aromatic heterocycles. The number of nitrogens with one attached hydrogen (secondary N) is 1. The van der Waals surface area contributed by atoms with Crippen LogP contribution in [0.3, 0.4) is 0 Å². The molecule has 0 aromatic carbocycles. The quantitative estimate of drug-likeness (QED) is 0.0557. The number of hydrogen-bond donors (Lipinski definition) is 9. The van der Waals surface area contributed by atoms with Gasteiger partial charge < -0.3 is 65.1 Å². The molecular weight excluding hydrogens is 594 g/mol. The van der Waals surface area contributed by atoms with Crippen LogP contribution in [0.25, 0.3) is 0 Å². The molecule has 45 heavy (non-hydrogen) atoms. The van der Waals surface area contributed by atoms with Gasteiger partial charge in [-0.25, -0.2) is 0 Å². The highest BCUT2D eigenvalue weighted by Crippen LogP contribution is 2.29. The van der Waals surface area contributed by atoms with Crippen LogP contribution in [0.1, 0.15) is 84.5 Å². The molecule has 12 unspecified atom stereocenters. The Labute approximate surface area is 266 Å². The number of carbonyl (C=O) groups excluding carboxylic acids is 1. The van der Waals surface area contributed by atoms with E-state index in [2.05, 4.69) is 12.2 Å². The lowest BCUT2D eigenvalue weighted by Gasteiger charge is -2.46. The molecule has 0 bridgehead atoms. The molecular formula is C31H57NO13. The van der Waals surface area contributed by atoms with Crippen molar-refractivity contribution in [3.8, 4) is 0 Å². The van der Waals surface area contributed by atoms with Crippen LogP contribution in [0.5, 0.6) is 0 Å². The molecule has 12 atom stereocenters. The van der Waals surface area contributed by atoms with Crippen molar-refractivity contribution in [2.24, 2.45) is 0 Å². The molecule has 2 fully saturated rings. The predicted molar refractivity (Wildman–Crippen MR) is 162 cm³/mol. The van der Waals surface area contributed by atoms with Crippen molar-refractivity contribution in [2.45, 2.75) is 158 Å². The van der Waals surface area contributed by atoms with Gasteiger partial charge in [0.1, 0.15) is 48.8 Å². The first-order chi connectivity index (χ1) is 21.6. The molecule has 264 valence electrons. The molecule has 0 aromatic rings. The largest absolute Gasteiger partial charge is 0.394 e. The van der Waals surface area contributed by atoms with Crippen LogP contribution in [0.4, 0.5) is 0 Å². The Morgan fingerprint density at radius 2 is 1.38 bits per heavy atom. The zero-order chi connectivity index (χ0) is 33.4. The predicted octanol–water partition coefficient (Wildman–Crippen LogP) is -0.640. The van der Waals surface area contributed by atoms with Crippen LogP contribution in [0.15, 0.2) is 12.2 Å². The average molecular weight is 652 g/mol. The van der Waals surface area contributed by atoms with E-state index in [4.69, 9.17) is 18.9 Å². The van der Waals surface area contributed by atoms with Gasteiger partial charge in [0.15, 0.2) is 12.6 Å². The summed E-state index contributed by atoms with van der Waals surface area (Å²) in [7, 11) is 0. The minimum absolute atomic E-state index is 0.260. The van der Waals surface area contributed by atoms with E-state index in [9.17, 15) is 45.6 Å². The van der Waals surface area contributed by atoms with Gasteiger partial charge in [0.2, 0.25) is 5.91 Å². The highest BCUT2D eigenvalue weighted by molar-refractivity contribution is 5.76. The Kier molecular flexibility index (Phi) is 19.1. The minimum atomic E-state index is -1.78. The monoisotopic (exact) mass is 651 g/mol. The van der Waals surface area contributed by atoms with E-state index in [0.717, 1.165) is 38.5 Å². The van der Waals surface area contributed by atoms with E-state index in [1.807, 2.05) is 13.0 Å². The van der Waals surface area contributed by atoms with Crippen molar-refractivity contribution in [1.29, 1.82) is 0 Å². The molecule has 14 heteroatoms. The Morgan fingerprint density at radius 3 is 2.02 bits per heavy atom. The second kappa shape index (κ2) is 21.6. The summed E-state index contributed by atoms with van der Waals surface area (Å²) in [5.41, 5.74) is 0. The van der Waals surface area contributed by atoms with Gasteiger partial charge in [0, 0.05) is 6.42 Å². The topological polar surface area (TPSA) is 228 Å². The fourth-order valence-corrected chi connectivity index (χ4v) is 5.33. The molecule has 2 aliphatic rings. The smallest absolute Gasteiger partial charge is 0.220 e. The van der Waals surface area contributed by atoms with Crippen LogP contribution in [-0.4, -0.2) is 140 Å². The number of allylic oxidation sites excluding steroid dienone is 1. The lowest BCUT2D eigenvalue weighted by molar-refractivity contribution is -0.359. The molecule has 1 amide bonds. The van der Waals surface area contributed by atoms with Crippen molar-refractivity contribution in [3.63, 3.8) is 0 Å². The van der Waals surface area contributed by atoms with Crippen LogP contribution in [0, 0.1) is 0 Å². The van der Waals surface area contributed by atoms with Crippen LogP contribution < -0.4 is 5.32 Å². The van der Waals surface area contributed by atoms with Gasteiger partial charge in [-0.2, -0.15) is 0 Å². The summed E-state index contributed by atoms with van der Waals surface area (Å²) < 4.78 is 22.3. The number of ether oxygens (including phenoxy) is 4.